The average Bonchev–Trinajstić information content (AvgIpc) is 2.48. The lowest BCUT2D eigenvalue weighted by Gasteiger charge is -2.19. The number of hydrogen-bond acceptors (Lipinski definition) is 4. The van der Waals surface area contributed by atoms with Gasteiger partial charge in [0.05, 0.1) is 5.51 Å². The van der Waals surface area contributed by atoms with Gasteiger partial charge < -0.3 is 4.74 Å². The standard InChI is InChI=1S/C10H16N2O2S/c1-5-7-8(11-6-15-7)12-9(13)14-10(2,3)4/h6H,5H2,1-4H3,(H,12,13). The molecular formula is C10H16N2O2S. The van der Waals surface area contributed by atoms with Crippen molar-refractivity contribution in [3.8, 4) is 0 Å². The Hall–Kier alpha value is -1.10. The van der Waals surface area contributed by atoms with E-state index in [0.717, 1.165) is 11.3 Å². The van der Waals surface area contributed by atoms with E-state index < -0.39 is 11.7 Å². The topological polar surface area (TPSA) is 51.2 Å². The van der Waals surface area contributed by atoms with Gasteiger partial charge in [0.2, 0.25) is 0 Å². The Bertz CT molecular complexity index is 341. The predicted molar refractivity (Wildman–Crippen MR) is 61.3 cm³/mol. The van der Waals surface area contributed by atoms with Crippen molar-refractivity contribution in [3.63, 3.8) is 0 Å². The maximum Gasteiger partial charge on any atom is 0.413 e. The first-order valence-electron chi connectivity index (χ1n) is 4.84. The van der Waals surface area contributed by atoms with Crippen molar-refractivity contribution in [2.75, 3.05) is 5.32 Å². The van der Waals surface area contributed by atoms with Crippen molar-refractivity contribution in [2.24, 2.45) is 0 Å². The van der Waals surface area contributed by atoms with Crippen LogP contribution in [0.5, 0.6) is 0 Å². The van der Waals surface area contributed by atoms with Crippen LogP contribution in [0.15, 0.2) is 5.51 Å². The number of aryl methyl sites for hydroxylation is 1. The van der Waals surface area contributed by atoms with E-state index >= 15 is 0 Å². The number of amides is 1. The molecule has 0 aliphatic carbocycles. The summed E-state index contributed by atoms with van der Waals surface area (Å²) in [5, 5.41) is 2.64. The highest BCUT2D eigenvalue weighted by molar-refractivity contribution is 7.10. The Kier molecular flexibility index (Phi) is 3.68. The maximum atomic E-state index is 11.4. The first-order chi connectivity index (χ1) is 6.92. The van der Waals surface area contributed by atoms with Crippen molar-refractivity contribution in [1.29, 1.82) is 0 Å². The molecule has 15 heavy (non-hydrogen) atoms. The van der Waals surface area contributed by atoms with E-state index in [4.69, 9.17) is 4.74 Å². The Morgan fingerprint density at radius 2 is 2.27 bits per heavy atom. The molecule has 1 rings (SSSR count). The first-order valence-corrected chi connectivity index (χ1v) is 5.72. The Morgan fingerprint density at radius 3 is 2.80 bits per heavy atom. The van der Waals surface area contributed by atoms with Gasteiger partial charge in [0, 0.05) is 4.88 Å². The summed E-state index contributed by atoms with van der Waals surface area (Å²) >= 11 is 1.53. The van der Waals surface area contributed by atoms with E-state index in [1.165, 1.54) is 11.3 Å². The van der Waals surface area contributed by atoms with Crippen LogP contribution in [0, 0.1) is 0 Å². The molecule has 1 N–H and O–H groups in total. The summed E-state index contributed by atoms with van der Waals surface area (Å²) in [5.41, 5.74) is 1.23. The van der Waals surface area contributed by atoms with Crippen LogP contribution in [0.2, 0.25) is 0 Å². The highest BCUT2D eigenvalue weighted by atomic mass is 32.1. The number of hydrogen-bond donors (Lipinski definition) is 1. The molecule has 0 aliphatic rings. The quantitative estimate of drug-likeness (QED) is 0.846. The van der Waals surface area contributed by atoms with E-state index in [2.05, 4.69) is 10.3 Å². The molecule has 1 aromatic rings. The van der Waals surface area contributed by atoms with Crippen molar-refractivity contribution in [3.05, 3.63) is 10.4 Å². The molecule has 0 aliphatic heterocycles. The highest BCUT2D eigenvalue weighted by Crippen LogP contribution is 2.19. The molecule has 0 aromatic carbocycles. The van der Waals surface area contributed by atoms with Gasteiger partial charge in [0.1, 0.15) is 11.4 Å². The first kappa shape index (κ1) is 12.0. The van der Waals surface area contributed by atoms with Crippen LogP contribution in [-0.2, 0) is 11.2 Å². The van der Waals surface area contributed by atoms with E-state index in [0.29, 0.717) is 5.82 Å². The molecule has 0 saturated heterocycles. The minimum Gasteiger partial charge on any atom is -0.444 e. The number of ether oxygens (including phenoxy) is 1. The minimum absolute atomic E-state index is 0.455. The summed E-state index contributed by atoms with van der Waals surface area (Å²) in [5.74, 6) is 0.608. The van der Waals surface area contributed by atoms with E-state index in [-0.39, 0.29) is 0 Å². The second-order valence-corrected chi connectivity index (χ2v) is 5.04. The number of rotatable bonds is 2. The van der Waals surface area contributed by atoms with Crippen LogP contribution < -0.4 is 5.32 Å². The number of carbonyl (C=O) groups is 1. The van der Waals surface area contributed by atoms with Gasteiger partial charge in [-0.3, -0.25) is 5.32 Å². The fraction of sp³-hybridized carbons (Fsp3) is 0.600. The molecule has 84 valence electrons. The third kappa shape index (κ3) is 3.87. The normalized spacial score (nSPS) is 11.2. The van der Waals surface area contributed by atoms with Gasteiger partial charge in [-0.1, -0.05) is 6.92 Å². The second-order valence-electron chi connectivity index (χ2n) is 4.10. The number of nitrogens with zero attached hydrogens (tertiary/aromatic N) is 1. The summed E-state index contributed by atoms with van der Waals surface area (Å²) in [7, 11) is 0. The number of aromatic nitrogens is 1. The molecule has 1 aromatic heterocycles. The van der Waals surface area contributed by atoms with E-state index in [1.807, 2.05) is 27.7 Å². The van der Waals surface area contributed by atoms with Gasteiger partial charge in [-0.15, -0.1) is 11.3 Å². The van der Waals surface area contributed by atoms with Gasteiger partial charge in [0.25, 0.3) is 0 Å². The SMILES string of the molecule is CCc1scnc1NC(=O)OC(C)(C)C. The van der Waals surface area contributed by atoms with E-state index in [9.17, 15) is 4.79 Å². The van der Waals surface area contributed by atoms with Gasteiger partial charge in [-0.2, -0.15) is 0 Å². The molecule has 0 radical (unpaired) electrons. The fourth-order valence-electron chi connectivity index (χ4n) is 1.02. The number of carbonyl (C=O) groups excluding carboxylic acids is 1. The zero-order valence-corrected chi connectivity index (χ0v) is 10.3. The summed E-state index contributed by atoms with van der Waals surface area (Å²) in [6.07, 6.45) is 0.401. The molecule has 0 spiro atoms. The summed E-state index contributed by atoms with van der Waals surface area (Å²) in [6, 6.07) is 0. The lowest BCUT2D eigenvalue weighted by Crippen LogP contribution is -2.27. The summed E-state index contributed by atoms with van der Waals surface area (Å²) < 4.78 is 5.13. The van der Waals surface area contributed by atoms with Crippen molar-refractivity contribution < 1.29 is 9.53 Å². The molecule has 1 heterocycles. The third-order valence-electron chi connectivity index (χ3n) is 1.58. The zero-order chi connectivity index (χ0) is 11.5. The maximum absolute atomic E-state index is 11.4. The van der Waals surface area contributed by atoms with Crippen molar-refractivity contribution in [2.45, 2.75) is 39.7 Å². The monoisotopic (exact) mass is 228 g/mol. The van der Waals surface area contributed by atoms with Gasteiger partial charge in [-0.25, -0.2) is 9.78 Å². The number of anilines is 1. The van der Waals surface area contributed by atoms with Crippen LogP contribution in [0.3, 0.4) is 0 Å². The predicted octanol–water partition coefficient (Wildman–Crippen LogP) is 3.05. The largest absolute Gasteiger partial charge is 0.444 e. The van der Waals surface area contributed by atoms with E-state index in [1.54, 1.807) is 5.51 Å². The Labute approximate surface area is 93.7 Å². The van der Waals surface area contributed by atoms with Crippen LogP contribution in [0.25, 0.3) is 0 Å². The van der Waals surface area contributed by atoms with Crippen molar-refractivity contribution in [1.82, 2.24) is 4.98 Å². The lowest BCUT2D eigenvalue weighted by molar-refractivity contribution is 0.0635. The smallest absolute Gasteiger partial charge is 0.413 e. The average molecular weight is 228 g/mol. The van der Waals surface area contributed by atoms with Gasteiger partial charge in [-0.05, 0) is 27.2 Å². The minimum atomic E-state index is -0.480. The van der Waals surface area contributed by atoms with Gasteiger partial charge >= 0.3 is 6.09 Å². The molecule has 4 nitrogen and oxygen atoms in total. The van der Waals surface area contributed by atoms with Crippen LogP contribution in [0.4, 0.5) is 10.6 Å². The fourth-order valence-corrected chi connectivity index (χ4v) is 1.69. The molecule has 0 bridgehead atoms. The molecule has 0 atom stereocenters. The number of thiazole rings is 1. The van der Waals surface area contributed by atoms with Crippen LogP contribution in [0.1, 0.15) is 32.6 Å². The highest BCUT2D eigenvalue weighted by Gasteiger charge is 2.17. The molecule has 1 amide bonds. The molecular weight excluding hydrogens is 212 g/mol. The molecule has 0 fully saturated rings. The third-order valence-corrected chi connectivity index (χ3v) is 2.56. The zero-order valence-electron chi connectivity index (χ0n) is 9.46. The second kappa shape index (κ2) is 4.61. The van der Waals surface area contributed by atoms with Crippen LogP contribution in [-0.4, -0.2) is 16.7 Å². The number of nitrogens with one attached hydrogen (secondary N) is 1. The molecule has 5 heteroatoms. The summed E-state index contributed by atoms with van der Waals surface area (Å²) in [6.45, 7) is 7.50. The van der Waals surface area contributed by atoms with Crippen LogP contribution >= 0.6 is 11.3 Å². The molecule has 0 saturated carbocycles. The summed E-state index contributed by atoms with van der Waals surface area (Å²) in [4.78, 5) is 16.5. The lowest BCUT2D eigenvalue weighted by atomic mass is 10.2. The van der Waals surface area contributed by atoms with Crippen molar-refractivity contribution >= 4 is 23.2 Å². The molecule has 0 unspecified atom stereocenters. The Balaban J connectivity index is 2.59. The van der Waals surface area contributed by atoms with Gasteiger partial charge in [0.15, 0.2) is 0 Å². The Morgan fingerprint density at radius 1 is 1.60 bits per heavy atom.